The van der Waals surface area contributed by atoms with Gasteiger partial charge < -0.3 is 5.11 Å². The van der Waals surface area contributed by atoms with E-state index in [4.69, 9.17) is 10.5 Å². The smallest absolute Gasteiger partial charge is 0.349 e. The maximum Gasteiger partial charge on any atom is 0.349 e. The van der Waals surface area contributed by atoms with Gasteiger partial charge in [-0.05, 0) is 12.3 Å². The molecule has 4 heteroatoms. The first-order chi connectivity index (χ1) is 4.57. The number of carboxylic acids is 1. The topological polar surface area (TPSA) is 61.2 Å². The lowest BCUT2D eigenvalue weighted by atomic mass is 10.1. The molecule has 0 fully saturated rings. The molecule has 0 bridgehead atoms. The Morgan fingerprint density at radius 3 is 2.60 bits per heavy atom. The molecule has 3 nitrogen and oxygen atoms in total. The maximum absolute atomic E-state index is 10.1. The van der Waals surface area contributed by atoms with Crippen molar-refractivity contribution >= 4 is 34.3 Å². The zero-order chi connectivity index (χ0) is 8.15. The van der Waals surface area contributed by atoms with Crippen LogP contribution >= 0.6 is 22.6 Å². The van der Waals surface area contributed by atoms with Crippen LogP contribution in [0.15, 0.2) is 0 Å². The number of hydrogen-bond acceptors (Lipinski definition) is 2. The maximum atomic E-state index is 10.1. The van der Waals surface area contributed by atoms with Gasteiger partial charge in [-0.1, -0.05) is 29.5 Å². The number of carboxylic acid groups (broad SMARTS) is 1. The predicted octanol–water partition coefficient (Wildman–Crippen LogP) is 1.55. The Morgan fingerprint density at radius 2 is 2.30 bits per heavy atom. The number of halogens is 1. The molecule has 0 aromatic carbocycles. The molecular weight excluding hydrogens is 245 g/mol. The lowest BCUT2D eigenvalue weighted by Gasteiger charge is -2.03. The standard InChI is InChI=1S/C6H10INO2/c1-4(3-7)2-5(8)6(9)10/h4,8H,2-3H2,1H3,(H,9,10)/t4-/m0/s1. The van der Waals surface area contributed by atoms with E-state index in [9.17, 15) is 4.79 Å². The molecule has 0 spiro atoms. The third kappa shape index (κ3) is 3.81. The second kappa shape index (κ2) is 4.65. The summed E-state index contributed by atoms with van der Waals surface area (Å²) in [6.45, 7) is 1.93. The van der Waals surface area contributed by atoms with Crippen molar-refractivity contribution in [1.29, 1.82) is 5.41 Å². The Kier molecular flexibility index (Phi) is 4.59. The van der Waals surface area contributed by atoms with Crippen LogP contribution in [0.5, 0.6) is 0 Å². The molecule has 0 heterocycles. The predicted molar refractivity (Wildman–Crippen MR) is 48.0 cm³/mol. The molecule has 0 unspecified atom stereocenters. The van der Waals surface area contributed by atoms with E-state index < -0.39 is 5.97 Å². The molecule has 0 aromatic rings. The zero-order valence-electron chi connectivity index (χ0n) is 5.72. The van der Waals surface area contributed by atoms with Gasteiger partial charge in [-0.15, -0.1) is 0 Å². The Bertz CT molecular complexity index is 147. The number of rotatable bonds is 4. The Labute approximate surface area is 73.5 Å². The van der Waals surface area contributed by atoms with E-state index in [1.807, 2.05) is 6.92 Å². The number of hydrogen-bond donors (Lipinski definition) is 2. The Morgan fingerprint density at radius 1 is 1.80 bits per heavy atom. The summed E-state index contributed by atoms with van der Waals surface area (Å²) in [7, 11) is 0. The highest BCUT2D eigenvalue weighted by atomic mass is 127. The van der Waals surface area contributed by atoms with Gasteiger partial charge in [-0.2, -0.15) is 0 Å². The molecule has 0 aliphatic carbocycles. The highest BCUT2D eigenvalue weighted by Crippen LogP contribution is 2.06. The van der Waals surface area contributed by atoms with Crippen molar-refractivity contribution in [2.45, 2.75) is 13.3 Å². The van der Waals surface area contributed by atoms with E-state index in [1.165, 1.54) is 0 Å². The van der Waals surface area contributed by atoms with Crippen molar-refractivity contribution < 1.29 is 9.90 Å². The van der Waals surface area contributed by atoms with Crippen molar-refractivity contribution in [1.82, 2.24) is 0 Å². The molecule has 0 saturated carbocycles. The summed E-state index contributed by atoms with van der Waals surface area (Å²) in [5, 5.41) is 15.3. The fraction of sp³-hybridized carbons (Fsp3) is 0.667. The first-order valence-electron chi connectivity index (χ1n) is 2.94. The van der Waals surface area contributed by atoms with E-state index in [-0.39, 0.29) is 5.71 Å². The average molecular weight is 255 g/mol. The van der Waals surface area contributed by atoms with Crippen LogP contribution in [0.25, 0.3) is 0 Å². The SMILES string of the molecule is C[C@H](CI)CC(=N)C(=O)O. The molecule has 58 valence electrons. The molecule has 1 atom stereocenters. The van der Waals surface area contributed by atoms with Crippen molar-refractivity contribution in [2.75, 3.05) is 4.43 Å². The largest absolute Gasteiger partial charge is 0.477 e. The third-order valence-corrected chi connectivity index (χ3v) is 2.58. The van der Waals surface area contributed by atoms with Crippen molar-refractivity contribution in [3.8, 4) is 0 Å². The highest BCUT2D eigenvalue weighted by molar-refractivity contribution is 14.1. The van der Waals surface area contributed by atoms with Crippen LogP contribution in [-0.2, 0) is 4.79 Å². The third-order valence-electron chi connectivity index (χ3n) is 1.07. The van der Waals surface area contributed by atoms with Crippen LogP contribution in [0.1, 0.15) is 13.3 Å². The molecule has 0 saturated heterocycles. The number of carbonyl (C=O) groups is 1. The summed E-state index contributed by atoms with van der Waals surface area (Å²) in [5.74, 6) is -0.805. The minimum atomic E-state index is -1.10. The lowest BCUT2D eigenvalue weighted by Crippen LogP contribution is -2.15. The molecule has 0 aromatic heterocycles. The minimum Gasteiger partial charge on any atom is -0.477 e. The van der Waals surface area contributed by atoms with Crippen molar-refractivity contribution in [2.24, 2.45) is 5.92 Å². The summed E-state index contributed by atoms with van der Waals surface area (Å²) in [5.41, 5.74) is -0.191. The lowest BCUT2D eigenvalue weighted by molar-refractivity contribution is -0.129. The molecule has 0 radical (unpaired) electrons. The summed E-state index contributed by atoms with van der Waals surface area (Å²) >= 11 is 2.18. The highest BCUT2D eigenvalue weighted by Gasteiger charge is 2.10. The van der Waals surface area contributed by atoms with Gasteiger partial charge in [-0.25, -0.2) is 4.79 Å². The van der Waals surface area contributed by atoms with Crippen LogP contribution in [0.4, 0.5) is 0 Å². The van der Waals surface area contributed by atoms with E-state index in [0.717, 1.165) is 4.43 Å². The van der Waals surface area contributed by atoms with Gasteiger partial charge >= 0.3 is 5.97 Å². The molecule has 0 aliphatic rings. The average Bonchev–Trinajstić information content (AvgIpc) is 1.87. The number of aliphatic carboxylic acids is 1. The molecule has 0 aliphatic heterocycles. The monoisotopic (exact) mass is 255 g/mol. The van der Waals surface area contributed by atoms with Gasteiger partial charge in [0.15, 0.2) is 0 Å². The Hall–Kier alpha value is -0.130. The van der Waals surface area contributed by atoms with Gasteiger partial charge in [0.1, 0.15) is 5.71 Å². The van der Waals surface area contributed by atoms with Crippen molar-refractivity contribution in [3.05, 3.63) is 0 Å². The molecular formula is C6H10INO2. The summed E-state index contributed by atoms with van der Waals surface area (Å²) in [6, 6.07) is 0. The first kappa shape index (κ1) is 9.87. The zero-order valence-corrected chi connectivity index (χ0v) is 7.88. The summed E-state index contributed by atoms with van der Waals surface area (Å²) in [6.07, 6.45) is 0.373. The van der Waals surface area contributed by atoms with E-state index in [2.05, 4.69) is 22.6 Å². The van der Waals surface area contributed by atoms with Crippen LogP contribution < -0.4 is 0 Å². The van der Waals surface area contributed by atoms with Crippen LogP contribution in [-0.4, -0.2) is 21.2 Å². The molecule has 10 heavy (non-hydrogen) atoms. The summed E-state index contributed by atoms with van der Waals surface area (Å²) < 4.78 is 0.896. The van der Waals surface area contributed by atoms with E-state index in [1.54, 1.807) is 0 Å². The van der Waals surface area contributed by atoms with Gasteiger partial charge in [0.25, 0.3) is 0 Å². The van der Waals surface area contributed by atoms with Gasteiger partial charge in [-0.3, -0.25) is 5.41 Å². The molecule has 0 amide bonds. The van der Waals surface area contributed by atoms with Crippen LogP contribution in [0.3, 0.4) is 0 Å². The van der Waals surface area contributed by atoms with Crippen molar-refractivity contribution in [3.63, 3.8) is 0 Å². The fourth-order valence-corrected chi connectivity index (χ4v) is 0.802. The van der Waals surface area contributed by atoms with Crippen LogP contribution in [0.2, 0.25) is 0 Å². The van der Waals surface area contributed by atoms with Gasteiger partial charge in [0.05, 0.1) is 0 Å². The van der Waals surface area contributed by atoms with Gasteiger partial charge in [0.2, 0.25) is 0 Å². The van der Waals surface area contributed by atoms with E-state index >= 15 is 0 Å². The summed E-state index contributed by atoms with van der Waals surface area (Å²) in [4.78, 5) is 10.1. The molecule has 2 N–H and O–H groups in total. The second-order valence-electron chi connectivity index (χ2n) is 2.25. The quantitative estimate of drug-likeness (QED) is 0.455. The second-order valence-corrected chi connectivity index (χ2v) is 3.13. The first-order valence-corrected chi connectivity index (χ1v) is 4.47. The normalized spacial score (nSPS) is 12.6. The number of nitrogens with one attached hydrogen (secondary N) is 1. The minimum absolute atomic E-state index is 0.191. The van der Waals surface area contributed by atoms with E-state index in [0.29, 0.717) is 12.3 Å². The number of alkyl halides is 1. The molecule has 0 rings (SSSR count). The Balaban J connectivity index is 3.68. The fourth-order valence-electron chi connectivity index (χ4n) is 0.490. The van der Waals surface area contributed by atoms with Gasteiger partial charge in [0, 0.05) is 4.43 Å². The van der Waals surface area contributed by atoms with Crippen LogP contribution in [0, 0.1) is 11.3 Å².